The minimum Gasteiger partial charge on any atom is -0.486 e. The van der Waals surface area contributed by atoms with Crippen LogP contribution < -0.4 is 20.3 Å². The molecular formula is C25H29N3O4. The van der Waals surface area contributed by atoms with Crippen LogP contribution in [0, 0.1) is 0 Å². The van der Waals surface area contributed by atoms with E-state index in [0.29, 0.717) is 42.0 Å². The zero-order chi connectivity index (χ0) is 22.7. The van der Waals surface area contributed by atoms with Gasteiger partial charge in [0.25, 0.3) is 11.5 Å². The van der Waals surface area contributed by atoms with Gasteiger partial charge >= 0.3 is 0 Å². The lowest BCUT2D eigenvalue weighted by molar-refractivity contribution is 0.0906. The molecule has 0 unspecified atom stereocenters. The zero-order valence-electron chi connectivity index (χ0n) is 18.8. The van der Waals surface area contributed by atoms with Crippen molar-refractivity contribution in [1.29, 1.82) is 0 Å². The van der Waals surface area contributed by atoms with Crippen LogP contribution in [-0.4, -0.2) is 28.9 Å². The molecule has 0 bridgehead atoms. The first-order valence-electron chi connectivity index (χ1n) is 11.1. The van der Waals surface area contributed by atoms with E-state index in [-0.39, 0.29) is 17.2 Å². The van der Waals surface area contributed by atoms with E-state index in [1.165, 1.54) is 4.68 Å². The van der Waals surface area contributed by atoms with Crippen LogP contribution in [0.4, 0.5) is 0 Å². The number of aryl methyl sites for hydroxylation is 1. The lowest BCUT2D eigenvalue weighted by Gasteiger charge is -2.29. The molecule has 0 aliphatic carbocycles. The maximum Gasteiger partial charge on any atom is 0.274 e. The quantitative estimate of drug-likeness (QED) is 0.567. The van der Waals surface area contributed by atoms with E-state index in [1.54, 1.807) is 18.2 Å². The molecule has 0 atom stereocenters. The summed E-state index contributed by atoms with van der Waals surface area (Å²) in [6.07, 6.45) is 2.88. The molecule has 1 N–H and O–H groups in total. The lowest BCUT2D eigenvalue weighted by Crippen LogP contribution is -2.42. The highest BCUT2D eigenvalue weighted by Gasteiger charge is 2.27. The predicted molar refractivity (Wildman–Crippen MR) is 123 cm³/mol. The number of nitrogens with zero attached hydrogens (tertiary/aromatic N) is 2. The Hall–Kier alpha value is -3.35. The Bertz CT molecular complexity index is 1200. The van der Waals surface area contributed by atoms with Crippen molar-refractivity contribution in [1.82, 2.24) is 15.1 Å². The molecule has 2 heterocycles. The Labute approximate surface area is 187 Å². The number of carbonyl (C=O) groups excluding carboxylic acids is 1. The zero-order valence-corrected chi connectivity index (χ0v) is 18.8. The van der Waals surface area contributed by atoms with Crippen LogP contribution in [-0.2, 0) is 12.1 Å². The van der Waals surface area contributed by atoms with Gasteiger partial charge in [-0.15, -0.1) is 0 Å². The van der Waals surface area contributed by atoms with Gasteiger partial charge in [-0.05, 0) is 44.0 Å². The fourth-order valence-corrected chi connectivity index (χ4v) is 3.91. The second-order valence-corrected chi connectivity index (χ2v) is 8.57. The lowest BCUT2D eigenvalue weighted by atomic mass is 9.93. The smallest absolute Gasteiger partial charge is 0.274 e. The summed E-state index contributed by atoms with van der Waals surface area (Å²) >= 11 is 0. The molecule has 1 aliphatic heterocycles. The van der Waals surface area contributed by atoms with Gasteiger partial charge in [0.15, 0.2) is 17.2 Å². The summed E-state index contributed by atoms with van der Waals surface area (Å²) in [6, 6.07) is 12.8. The average Bonchev–Trinajstić information content (AvgIpc) is 2.80. The van der Waals surface area contributed by atoms with Crippen LogP contribution in [0.5, 0.6) is 11.5 Å². The molecule has 0 fully saturated rings. The fraction of sp³-hybridized carbons (Fsp3) is 0.400. The predicted octanol–water partition coefficient (Wildman–Crippen LogP) is 4.02. The van der Waals surface area contributed by atoms with Crippen LogP contribution in [0.1, 0.15) is 56.1 Å². The normalized spacial score (nSPS) is 13.2. The Balaban J connectivity index is 1.67. The number of hydrogen-bond donors (Lipinski definition) is 1. The first-order valence-corrected chi connectivity index (χ1v) is 11.1. The monoisotopic (exact) mass is 435 g/mol. The van der Waals surface area contributed by atoms with Crippen molar-refractivity contribution in [3.63, 3.8) is 0 Å². The summed E-state index contributed by atoms with van der Waals surface area (Å²) in [5.74, 6) is 1.04. The Kier molecular flexibility index (Phi) is 6.17. The molecule has 1 aromatic heterocycles. The van der Waals surface area contributed by atoms with Crippen molar-refractivity contribution >= 4 is 16.7 Å². The summed E-state index contributed by atoms with van der Waals surface area (Å²) in [6.45, 7) is 7.47. The van der Waals surface area contributed by atoms with Gasteiger partial charge in [0, 0.05) is 11.9 Å². The van der Waals surface area contributed by atoms with E-state index >= 15 is 0 Å². The number of amides is 1. The summed E-state index contributed by atoms with van der Waals surface area (Å²) in [5, 5.41) is 8.61. The van der Waals surface area contributed by atoms with E-state index < -0.39 is 5.54 Å². The summed E-state index contributed by atoms with van der Waals surface area (Å²) in [5.41, 5.74) is 0.274. The van der Waals surface area contributed by atoms with Crippen LogP contribution in [0.2, 0.25) is 0 Å². The van der Waals surface area contributed by atoms with Gasteiger partial charge < -0.3 is 14.8 Å². The van der Waals surface area contributed by atoms with Crippen molar-refractivity contribution in [2.45, 2.75) is 52.1 Å². The summed E-state index contributed by atoms with van der Waals surface area (Å²) < 4.78 is 12.7. The van der Waals surface area contributed by atoms with Crippen LogP contribution in [0.3, 0.4) is 0 Å². The number of aromatic nitrogens is 2. The molecule has 0 saturated carbocycles. The summed E-state index contributed by atoms with van der Waals surface area (Å²) in [7, 11) is 0. The van der Waals surface area contributed by atoms with Crippen molar-refractivity contribution in [2.75, 3.05) is 13.2 Å². The van der Waals surface area contributed by atoms with Gasteiger partial charge in [-0.1, -0.05) is 44.0 Å². The number of fused-ring (bicyclic) bond motifs is 2. The molecule has 4 rings (SSSR count). The Morgan fingerprint density at radius 3 is 2.53 bits per heavy atom. The van der Waals surface area contributed by atoms with Gasteiger partial charge in [0.05, 0.1) is 10.9 Å². The van der Waals surface area contributed by atoms with Gasteiger partial charge in [0.1, 0.15) is 13.2 Å². The fourth-order valence-electron chi connectivity index (χ4n) is 3.91. The Morgan fingerprint density at radius 1 is 1.06 bits per heavy atom. The largest absolute Gasteiger partial charge is 0.486 e. The number of rotatable bonds is 7. The van der Waals surface area contributed by atoms with Crippen molar-refractivity contribution in [2.24, 2.45) is 0 Å². The molecule has 0 radical (unpaired) electrons. The highest BCUT2D eigenvalue weighted by Crippen LogP contribution is 2.34. The second-order valence-electron chi connectivity index (χ2n) is 8.57. The first-order chi connectivity index (χ1) is 15.4. The Morgan fingerprint density at radius 2 is 1.78 bits per heavy atom. The highest BCUT2D eigenvalue weighted by molar-refractivity contribution is 6.05. The van der Waals surface area contributed by atoms with Gasteiger partial charge in [-0.25, -0.2) is 4.68 Å². The second kappa shape index (κ2) is 9.02. The van der Waals surface area contributed by atoms with Gasteiger partial charge in [0.2, 0.25) is 0 Å². The van der Waals surface area contributed by atoms with Gasteiger partial charge in [-0.3, -0.25) is 9.59 Å². The number of ether oxygens (including phenoxy) is 2. The third kappa shape index (κ3) is 4.33. The van der Waals surface area contributed by atoms with Crippen molar-refractivity contribution in [3.05, 3.63) is 64.1 Å². The summed E-state index contributed by atoms with van der Waals surface area (Å²) in [4.78, 5) is 26.3. The van der Waals surface area contributed by atoms with E-state index in [2.05, 4.69) is 17.3 Å². The van der Waals surface area contributed by atoms with E-state index in [9.17, 15) is 9.59 Å². The van der Waals surface area contributed by atoms with Crippen LogP contribution in [0.15, 0.2) is 47.3 Å². The van der Waals surface area contributed by atoms with Gasteiger partial charge in [-0.2, -0.15) is 5.10 Å². The van der Waals surface area contributed by atoms with Crippen molar-refractivity contribution in [3.8, 4) is 11.5 Å². The van der Waals surface area contributed by atoms with E-state index in [1.807, 2.05) is 38.1 Å². The molecule has 3 aromatic rings. The number of unbranched alkanes of at least 4 members (excludes halogenated alkanes) is 2. The molecule has 0 saturated heterocycles. The third-order valence-corrected chi connectivity index (χ3v) is 5.75. The first kappa shape index (κ1) is 21.9. The molecule has 1 aliphatic rings. The maximum absolute atomic E-state index is 13.4. The minimum absolute atomic E-state index is 0.167. The van der Waals surface area contributed by atoms with Crippen molar-refractivity contribution < 1.29 is 14.3 Å². The maximum atomic E-state index is 13.4. The third-order valence-electron chi connectivity index (χ3n) is 5.75. The van der Waals surface area contributed by atoms with Crippen LogP contribution in [0.25, 0.3) is 10.8 Å². The van der Waals surface area contributed by atoms with E-state index in [4.69, 9.17) is 9.47 Å². The molecule has 7 nitrogen and oxygen atoms in total. The minimum atomic E-state index is -0.696. The SMILES string of the molecule is CCCCCn1nc(C(=O)NC(C)(C)c2ccc3c(c2)OCCO3)c2ccccc2c1=O. The average molecular weight is 436 g/mol. The number of hydrogen-bond acceptors (Lipinski definition) is 5. The van der Waals surface area contributed by atoms with E-state index in [0.717, 1.165) is 24.8 Å². The molecular weight excluding hydrogens is 406 g/mol. The highest BCUT2D eigenvalue weighted by atomic mass is 16.6. The molecule has 168 valence electrons. The number of nitrogens with one attached hydrogen (secondary N) is 1. The number of benzene rings is 2. The molecule has 2 aromatic carbocycles. The standard InChI is InChI=1S/C25H29N3O4/c1-4-5-8-13-28-24(30)19-10-7-6-9-18(19)22(27-28)23(29)26-25(2,3)17-11-12-20-21(16-17)32-15-14-31-20/h6-7,9-12,16H,4-5,8,13-15H2,1-3H3,(H,26,29). The van der Waals surface area contributed by atoms with Crippen LogP contribution >= 0.6 is 0 Å². The molecule has 0 spiro atoms. The topological polar surface area (TPSA) is 82.5 Å². The molecule has 1 amide bonds. The molecule has 7 heteroatoms. The molecule has 32 heavy (non-hydrogen) atoms. The number of carbonyl (C=O) groups is 1.